The van der Waals surface area contributed by atoms with Crippen molar-refractivity contribution in [1.82, 2.24) is 20.0 Å². The summed E-state index contributed by atoms with van der Waals surface area (Å²) in [5.74, 6) is 1.51. The number of amides is 1. The molecule has 0 spiro atoms. The Hall–Kier alpha value is -2.28. The zero-order valence-electron chi connectivity index (χ0n) is 13.7. The second-order valence-corrected chi connectivity index (χ2v) is 6.28. The first-order valence-electron chi connectivity index (χ1n) is 8.40. The first-order valence-corrected chi connectivity index (χ1v) is 8.40. The highest BCUT2D eigenvalue weighted by atomic mass is 16.5. The van der Waals surface area contributed by atoms with Crippen LogP contribution in [0.15, 0.2) is 16.8 Å². The normalized spacial score (nSPS) is 20.7. The van der Waals surface area contributed by atoms with E-state index in [0.29, 0.717) is 31.2 Å². The molecule has 3 heterocycles. The molecule has 7 heteroatoms. The lowest BCUT2D eigenvalue weighted by molar-refractivity contribution is -0.0251. The van der Waals surface area contributed by atoms with Crippen molar-refractivity contribution < 1.29 is 14.1 Å². The van der Waals surface area contributed by atoms with Crippen molar-refractivity contribution in [2.24, 2.45) is 0 Å². The summed E-state index contributed by atoms with van der Waals surface area (Å²) in [6.07, 6.45) is 5.42. The minimum absolute atomic E-state index is 0.0685. The maximum Gasteiger partial charge on any atom is 0.276 e. The predicted octanol–water partition coefficient (Wildman–Crippen LogP) is 1.87. The molecule has 7 nitrogen and oxygen atoms in total. The summed E-state index contributed by atoms with van der Waals surface area (Å²) in [6.45, 7) is 3.36. The van der Waals surface area contributed by atoms with Gasteiger partial charge in [-0.05, 0) is 32.3 Å². The van der Waals surface area contributed by atoms with Crippen LogP contribution in [0.1, 0.15) is 52.3 Å². The van der Waals surface area contributed by atoms with E-state index in [1.165, 1.54) is 0 Å². The van der Waals surface area contributed by atoms with Crippen LogP contribution in [0, 0.1) is 6.92 Å². The molecule has 2 aromatic rings. The highest BCUT2D eigenvalue weighted by Gasteiger charge is 2.31. The van der Waals surface area contributed by atoms with Gasteiger partial charge in [-0.2, -0.15) is 0 Å². The number of aryl methyl sites for hydroxylation is 2. The number of ether oxygens (including phenoxy) is 1. The van der Waals surface area contributed by atoms with Gasteiger partial charge in [-0.1, -0.05) is 5.16 Å². The lowest BCUT2D eigenvalue weighted by Gasteiger charge is -2.32. The van der Waals surface area contributed by atoms with Crippen molar-refractivity contribution in [2.75, 3.05) is 19.7 Å². The van der Waals surface area contributed by atoms with Crippen molar-refractivity contribution >= 4 is 5.91 Å². The van der Waals surface area contributed by atoms with Gasteiger partial charge in [-0.25, -0.2) is 9.97 Å². The van der Waals surface area contributed by atoms with Crippen LogP contribution in [0.2, 0.25) is 0 Å². The zero-order chi connectivity index (χ0) is 16.5. The number of carbonyl (C=O) groups is 1. The Morgan fingerprint density at radius 1 is 1.33 bits per heavy atom. The molecular formula is C17H20N4O3. The van der Waals surface area contributed by atoms with Crippen molar-refractivity contribution in [3.05, 3.63) is 40.8 Å². The Kier molecular flexibility index (Phi) is 4.02. The molecule has 1 unspecified atom stereocenters. The monoisotopic (exact) mass is 328 g/mol. The Morgan fingerprint density at radius 2 is 2.21 bits per heavy atom. The molecule has 1 saturated heterocycles. The van der Waals surface area contributed by atoms with E-state index < -0.39 is 0 Å². The van der Waals surface area contributed by atoms with Crippen LogP contribution in [-0.2, 0) is 17.6 Å². The molecule has 1 aliphatic carbocycles. The minimum atomic E-state index is -0.230. The topological polar surface area (TPSA) is 81.4 Å². The smallest absolute Gasteiger partial charge is 0.276 e. The Labute approximate surface area is 140 Å². The van der Waals surface area contributed by atoms with Gasteiger partial charge in [0, 0.05) is 24.7 Å². The summed E-state index contributed by atoms with van der Waals surface area (Å²) in [4.78, 5) is 23.2. The molecule has 2 aromatic heterocycles. The molecule has 0 aromatic carbocycles. The van der Waals surface area contributed by atoms with E-state index >= 15 is 0 Å². The second-order valence-electron chi connectivity index (χ2n) is 6.28. The lowest BCUT2D eigenvalue weighted by Crippen LogP contribution is -2.43. The number of hydrogen-bond donors (Lipinski definition) is 0. The van der Waals surface area contributed by atoms with E-state index in [2.05, 4.69) is 15.1 Å². The van der Waals surface area contributed by atoms with Crippen molar-refractivity contribution in [3.8, 4) is 0 Å². The molecule has 0 N–H and O–H groups in total. The fraction of sp³-hybridized carbons (Fsp3) is 0.529. The van der Waals surface area contributed by atoms with Gasteiger partial charge in [0.1, 0.15) is 17.7 Å². The molecular weight excluding hydrogens is 308 g/mol. The SMILES string of the molecule is Cc1nccc(C2CN(C(=O)c3noc4c3CCCC4)CCO2)n1. The maximum atomic E-state index is 12.9. The molecule has 0 radical (unpaired) electrons. The van der Waals surface area contributed by atoms with E-state index in [9.17, 15) is 4.79 Å². The summed E-state index contributed by atoms with van der Waals surface area (Å²) in [5.41, 5.74) is 2.28. The third-order valence-corrected chi connectivity index (χ3v) is 4.63. The van der Waals surface area contributed by atoms with Crippen LogP contribution < -0.4 is 0 Å². The van der Waals surface area contributed by atoms with Crippen LogP contribution >= 0.6 is 0 Å². The second kappa shape index (κ2) is 6.32. The molecule has 1 fully saturated rings. The highest BCUT2D eigenvalue weighted by molar-refractivity contribution is 5.94. The maximum absolute atomic E-state index is 12.9. The molecule has 24 heavy (non-hydrogen) atoms. The summed E-state index contributed by atoms with van der Waals surface area (Å²) < 4.78 is 11.2. The van der Waals surface area contributed by atoms with Gasteiger partial charge < -0.3 is 14.2 Å². The van der Waals surface area contributed by atoms with Gasteiger partial charge in [0.05, 0.1) is 18.8 Å². The fourth-order valence-electron chi connectivity index (χ4n) is 3.37. The van der Waals surface area contributed by atoms with E-state index in [1.807, 2.05) is 13.0 Å². The van der Waals surface area contributed by atoms with E-state index in [1.54, 1.807) is 11.1 Å². The van der Waals surface area contributed by atoms with Crippen molar-refractivity contribution in [1.29, 1.82) is 0 Å². The van der Waals surface area contributed by atoms with Gasteiger partial charge in [-0.3, -0.25) is 4.79 Å². The fourth-order valence-corrected chi connectivity index (χ4v) is 3.37. The van der Waals surface area contributed by atoms with Crippen molar-refractivity contribution in [3.63, 3.8) is 0 Å². The molecule has 2 aliphatic rings. The molecule has 0 bridgehead atoms. The van der Waals surface area contributed by atoms with Crippen LogP contribution in [0.5, 0.6) is 0 Å². The first-order chi connectivity index (χ1) is 11.7. The van der Waals surface area contributed by atoms with Crippen LogP contribution in [0.25, 0.3) is 0 Å². The Bertz CT molecular complexity index is 758. The van der Waals surface area contributed by atoms with Gasteiger partial charge in [0.15, 0.2) is 5.69 Å². The van der Waals surface area contributed by atoms with Crippen LogP contribution in [0.3, 0.4) is 0 Å². The molecule has 0 saturated carbocycles. The zero-order valence-corrected chi connectivity index (χ0v) is 13.7. The molecule has 4 rings (SSSR count). The number of nitrogens with zero attached hydrogens (tertiary/aromatic N) is 4. The Balaban J connectivity index is 1.54. The lowest BCUT2D eigenvalue weighted by atomic mass is 9.96. The third kappa shape index (κ3) is 2.80. The number of fused-ring (bicyclic) bond motifs is 1. The molecule has 126 valence electrons. The standard InChI is InChI=1S/C17H20N4O3/c1-11-18-7-6-13(19-11)15-10-21(8-9-23-15)17(22)16-12-4-2-3-5-14(12)24-20-16/h6-7,15H,2-5,8-10H2,1H3. The average Bonchev–Trinajstić information content (AvgIpc) is 3.05. The highest BCUT2D eigenvalue weighted by Crippen LogP contribution is 2.27. The predicted molar refractivity (Wildman–Crippen MR) is 84.5 cm³/mol. The summed E-state index contributed by atoms with van der Waals surface area (Å²) in [7, 11) is 0. The van der Waals surface area contributed by atoms with Gasteiger partial charge in [-0.15, -0.1) is 0 Å². The number of morpholine rings is 1. The van der Waals surface area contributed by atoms with Gasteiger partial charge >= 0.3 is 0 Å². The van der Waals surface area contributed by atoms with Crippen LogP contribution in [0.4, 0.5) is 0 Å². The molecule has 1 aliphatic heterocycles. The van der Waals surface area contributed by atoms with E-state index in [-0.39, 0.29) is 12.0 Å². The number of aromatic nitrogens is 3. The van der Waals surface area contributed by atoms with E-state index in [0.717, 1.165) is 42.7 Å². The largest absolute Gasteiger partial charge is 0.368 e. The summed E-state index contributed by atoms with van der Waals surface area (Å²) in [5, 5.41) is 4.05. The number of rotatable bonds is 2. The number of hydrogen-bond acceptors (Lipinski definition) is 6. The Morgan fingerprint density at radius 3 is 3.08 bits per heavy atom. The minimum Gasteiger partial charge on any atom is -0.368 e. The van der Waals surface area contributed by atoms with E-state index in [4.69, 9.17) is 9.26 Å². The number of carbonyl (C=O) groups excluding carboxylic acids is 1. The first kappa shape index (κ1) is 15.3. The van der Waals surface area contributed by atoms with Crippen LogP contribution in [-0.4, -0.2) is 45.6 Å². The van der Waals surface area contributed by atoms with Crippen molar-refractivity contribution in [2.45, 2.75) is 38.7 Å². The average molecular weight is 328 g/mol. The molecule has 1 atom stereocenters. The molecule has 1 amide bonds. The summed E-state index contributed by atoms with van der Waals surface area (Å²) in [6, 6.07) is 1.84. The van der Waals surface area contributed by atoms with Gasteiger partial charge in [0.25, 0.3) is 5.91 Å². The third-order valence-electron chi connectivity index (χ3n) is 4.63. The quantitative estimate of drug-likeness (QED) is 0.837. The van der Waals surface area contributed by atoms with Gasteiger partial charge in [0.2, 0.25) is 0 Å². The summed E-state index contributed by atoms with van der Waals surface area (Å²) >= 11 is 0.